The number of carbonyl (C=O) groups is 2. The lowest BCUT2D eigenvalue weighted by Crippen LogP contribution is -2.51. The number of nitrogens with one attached hydrogen (secondary N) is 2. The molecule has 13 nitrogen and oxygen atoms in total. The van der Waals surface area contributed by atoms with Crippen molar-refractivity contribution in [3.63, 3.8) is 0 Å². The van der Waals surface area contributed by atoms with E-state index in [1.807, 2.05) is 87.0 Å². The van der Waals surface area contributed by atoms with Crippen molar-refractivity contribution in [3.8, 4) is 45.3 Å². The maximum atomic E-state index is 13.3. The standard InChI is InChI=1S/C42H47Cl2N7O6/c1-41(2,3)57-40(53)51(22-26-11-13-34(52)47-26)20-24-10-12-32(49-39(24)56-6)31-9-7-8-29(35(31)43)30-14-15-45-37(36(30)44)25-16-33(55-5)38-48-28(23-50(38)21-25)19-46-27-17-42(4,54)18-27/h7-10,12,14-16,21,23,26-27,46,54H,11,13,17-20,22H2,1-6H3,(H,47,52)/t26-,27?,42?/m0/s1. The van der Waals surface area contributed by atoms with Crippen LogP contribution in [-0.2, 0) is 22.6 Å². The maximum absolute atomic E-state index is 13.3. The van der Waals surface area contributed by atoms with Gasteiger partial charge < -0.3 is 39.3 Å². The first-order chi connectivity index (χ1) is 27.1. The quantitative estimate of drug-likeness (QED) is 0.116. The number of hydrogen-bond donors (Lipinski definition) is 3. The van der Waals surface area contributed by atoms with Crippen LogP contribution in [0.25, 0.3) is 39.3 Å². The van der Waals surface area contributed by atoms with E-state index in [-0.39, 0.29) is 31.1 Å². The number of rotatable bonds is 12. The fourth-order valence-corrected chi connectivity index (χ4v) is 8.05. The average Bonchev–Trinajstić information content (AvgIpc) is 3.77. The van der Waals surface area contributed by atoms with Crippen molar-refractivity contribution in [2.75, 3.05) is 20.8 Å². The third-order valence-electron chi connectivity index (χ3n) is 10.1. The Bertz CT molecular complexity index is 2320. The summed E-state index contributed by atoms with van der Waals surface area (Å²) < 4.78 is 19.1. The number of aromatic nitrogens is 4. The van der Waals surface area contributed by atoms with Gasteiger partial charge in [-0.2, -0.15) is 0 Å². The highest BCUT2D eigenvalue weighted by molar-refractivity contribution is 6.39. The van der Waals surface area contributed by atoms with Crippen molar-refractivity contribution in [2.24, 2.45) is 0 Å². The first kappa shape index (κ1) is 40.3. The lowest BCUT2D eigenvalue weighted by molar-refractivity contribution is -0.119. The van der Waals surface area contributed by atoms with Crippen LogP contribution in [0.2, 0.25) is 10.0 Å². The number of carbonyl (C=O) groups excluding carboxylic acids is 2. The first-order valence-corrected chi connectivity index (χ1v) is 19.6. The highest BCUT2D eigenvalue weighted by Crippen LogP contribution is 2.42. The molecule has 300 valence electrons. The molecule has 1 aromatic carbocycles. The predicted octanol–water partition coefficient (Wildman–Crippen LogP) is 7.47. The summed E-state index contributed by atoms with van der Waals surface area (Å²) in [5.74, 6) is 0.851. The molecule has 0 bridgehead atoms. The lowest BCUT2D eigenvalue weighted by Gasteiger charge is -2.41. The normalized spacial score (nSPS) is 19.3. The Balaban J connectivity index is 1.16. The van der Waals surface area contributed by atoms with Crippen molar-refractivity contribution in [1.29, 1.82) is 0 Å². The molecule has 1 aliphatic carbocycles. The molecule has 1 atom stereocenters. The van der Waals surface area contributed by atoms with E-state index in [9.17, 15) is 14.7 Å². The molecule has 1 saturated heterocycles. The Morgan fingerprint density at radius 2 is 1.81 bits per heavy atom. The molecule has 5 aromatic rings. The zero-order chi connectivity index (χ0) is 40.6. The number of methoxy groups -OCH3 is 2. The highest BCUT2D eigenvalue weighted by atomic mass is 35.5. The molecule has 5 heterocycles. The number of pyridine rings is 3. The van der Waals surface area contributed by atoms with Gasteiger partial charge in [0.15, 0.2) is 11.4 Å². The van der Waals surface area contributed by atoms with Crippen molar-refractivity contribution >= 4 is 40.8 Å². The van der Waals surface area contributed by atoms with E-state index in [1.54, 1.807) is 18.2 Å². The second-order valence-electron chi connectivity index (χ2n) is 16.0. The van der Waals surface area contributed by atoms with Gasteiger partial charge in [-0.25, -0.2) is 14.8 Å². The Labute approximate surface area is 341 Å². The summed E-state index contributed by atoms with van der Waals surface area (Å²) in [5.41, 5.74) is 4.68. The van der Waals surface area contributed by atoms with Gasteiger partial charge in [0.05, 0.1) is 53.5 Å². The van der Waals surface area contributed by atoms with Gasteiger partial charge in [0.2, 0.25) is 11.8 Å². The lowest BCUT2D eigenvalue weighted by atomic mass is 9.77. The Kier molecular flexibility index (Phi) is 11.4. The van der Waals surface area contributed by atoms with Crippen molar-refractivity contribution < 1.29 is 28.9 Å². The topological polar surface area (TPSA) is 152 Å². The molecule has 0 unspecified atom stereocenters. The molecule has 15 heteroatoms. The molecule has 3 N–H and O–H groups in total. The van der Waals surface area contributed by atoms with Crippen LogP contribution < -0.4 is 20.1 Å². The zero-order valence-corrected chi connectivity index (χ0v) is 34.4. The third kappa shape index (κ3) is 8.96. The summed E-state index contributed by atoms with van der Waals surface area (Å²) in [6, 6.07) is 13.1. The van der Waals surface area contributed by atoms with Crippen LogP contribution in [0.1, 0.15) is 64.6 Å². The van der Waals surface area contributed by atoms with Crippen LogP contribution in [0.5, 0.6) is 11.6 Å². The summed E-state index contributed by atoms with van der Waals surface area (Å²) in [5, 5.41) is 17.3. The largest absolute Gasteiger partial charge is 0.493 e. The fourth-order valence-electron chi connectivity index (χ4n) is 7.40. The second-order valence-corrected chi connectivity index (χ2v) is 16.7. The van der Waals surface area contributed by atoms with Gasteiger partial charge in [0.25, 0.3) is 0 Å². The number of halogens is 2. The summed E-state index contributed by atoms with van der Waals surface area (Å²) in [6.07, 6.45) is 7.52. The molecule has 2 aliphatic rings. The number of aliphatic hydroxyl groups is 1. The molecule has 4 aromatic heterocycles. The fraction of sp³-hybridized carbons (Fsp3) is 0.405. The van der Waals surface area contributed by atoms with Gasteiger partial charge in [0, 0.05) is 78.0 Å². The molecule has 57 heavy (non-hydrogen) atoms. The van der Waals surface area contributed by atoms with Gasteiger partial charge in [0.1, 0.15) is 5.60 Å². The van der Waals surface area contributed by atoms with E-state index in [1.165, 1.54) is 7.11 Å². The summed E-state index contributed by atoms with van der Waals surface area (Å²) in [4.78, 5) is 41.1. The number of benzene rings is 1. The number of imidazole rings is 1. The van der Waals surface area contributed by atoms with Gasteiger partial charge in [-0.15, -0.1) is 0 Å². The molecule has 7 rings (SSSR count). The van der Waals surface area contributed by atoms with Crippen LogP contribution in [0.4, 0.5) is 4.79 Å². The Morgan fingerprint density at radius 1 is 1.05 bits per heavy atom. The zero-order valence-electron chi connectivity index (χ0n) is 32.9. The summed E-state index contributed by atoms with van der Waals surface area (Å²) in [7, 11) is 3.12. The van der Waals surface area contributed by atoms with E-state index < -0.39 is 17.3 Å². The predicted molar refractivity (Wildman–Crippen MR) is 219 cm³/mol. The van der Waals surface area contributed by atoms with Crippen molar-refractivity contribution in [3.05, 3.63) is 82.4 Å². The van der Waals surface area contributed by atoms with E-state index in [4.69, 9.17) is 47.4 Å². The number of fused-ring (bicyclic) bond motifs is 1. The molecule has 0 spiro atoms. The second kappa shape index (κ2) is 16.1. The van der Waals surface area contributed by atoms with E-state index >= 15 is 0 Å². The number of amides is 2. The van der Waals surface area contributed by atoms with Crippen LogP contribution in [0, 0.1) is 0 Å². The Morgan fingerprint density at radius 3 is 2.49 bits per heavy atom. The number of nitrogens with zero attached hydrogens (tertiary/aromatic N) is 5. The number of hydrogen-bond acceptors (Lipinski definition) is 10. The summed E-state index contributed by atoms with van der Waals surface area (Å²) in [6.45, 7) is 8.27. The smallest absolute Gasteiger partial charge is 0.410 e. The SMILES string of the molecule is COc1nc(-c2cccc(-c3ccnc(-c4cc(OC)c5nc(CNC6CC(C)(O)C6)cn5c4)c3Cl)c2Cl)ccc1CN(C[C@@H]1CCC(=O)N1)C(=O)OC(C)(C)C. The molecule has 1 aliphatic heterocycles. The van der Waals surface area contributed by atoms with Crippen molar-refractivity contribution in [2.45, 2.75) is 89.8 Å². The van der Waals surface area contributed by atoms with Crippen LogP contribution in [-0.4, -0.2) is 85.4 Å². The summed E-state index contributed by atoms with van der Waals surface area (Å²) >= 11 is 14.3. The Hall–Kier alpha value is -4.95. The van der Waals surface area contributed by atoms with E-state index in [0.29, 0.717) is 93.2 Å². The van der Waals surface area contributed by atoms with Crippen LogP contribution in [0.15, 0.2) is 61.1 Å². The van der Waals surface area contributed by atoms with Gasteiger partial charge in [-0.3, -0.25) is 9.78 Å². The van der Waals surface area contributed by atoms with E-state index in [2.05, 4.69) is 15.6 Å². The minimum absolute atomic E-state index is 0.0354. The minimum Gasteiger partial charge on any atom is -0.493 e. The maximum Gasteiger partial charge on any atom is 0.410 e. The minimum atomic E-state index is -0.705. The van der Waals surface area contributed by atoms with Gasteiger partial charge >= 0.3 is 6.09 Å². The molecular weight excluding hydrogens is 769 g/mol. The van der Waals surface area contributed by atoms with Gasteiger partial charge in [-0.1, -0.05) is 41.4 Å². The van der Waals surface area contributed by atoms with Crippen molar-refractivity contribution in [1.82, 2.24) is 34.9 Å². The van der Waals surface area contributed by atoms with Crippen LogP contribution >= 0.6 is 23.2 Å². The van der Waals surface area contributed by atoms with E-state index in [0.717, 1.165) is 11.3 Å². The molecule has 1 saturated carbocycles. The monoisotopic (exact) mass is 815 g/mol. The van der Waals surface area contributed by atoms with Crippen LogP contribution in [0.3, 0.4) is 0 Å². The first-order valence-electron chi connectivity index (χ1n) is 18.9. The third-order valence-corrected chi connectivity index (χ3v) is 10.9. The molecule has 2 fully saturated rings. The molecule has 0 radical (unpaired) electrons. The number of ether oxygens (including phenoxy) is 3. The average molecular weight is 817 g/mol. The molecular formula is C42H47Cl2N7O6. The highest BCUT2D eigenvalue weighted by Gasteiger charge is 2.38. The van der Waals surface area contributed by atoms with Gasteiger partial charge in [-0.05, 0) is 71.2 Å². The molecule has 2 amide bonds.